The van der Waals surface area contributed by atoms with Gasteiger partial charge < -0.3 is 5.32 Å². The molecular weight excluding hydrogens is 194 g/mol. The average molecular weight is 214 g/mol. The van der Waals surface area contributed by atoms with Gasteiger partial charge in [0.15, 0.2) is 0 Å². The van der Waals surface area contributed by atoms with Crippen LogP contribution in [-0.4, -0.2) is 12.6 Å². The van der Waals surface area contributed by atoms with E-state index in [1.165, 1.54) is 44.9 Å². The molecule has 1 unspecified atom stereocenters. The largest absolute Gasteiger partial charge is 0.308 e. The first-order valence-corrected chi connectivity index (χ1v) is 6.17. The van der Waals surface area contributed by atoms with Crippen molar-refractivity contribution in [3.63, 3.8) is 0 Å². The van der Waals surface area contributed by atoms with E-state index in [1.807, 2.05) is 0 Å². The van der Waals surface area contributed by atoms with E-state index >= 15 is 0 Å². The lowest BCUT2D eigenvalue weighted by Gasteiger charge is -2.52. The molecule has 14 heavy (non-hydrogen) atoms. The zero-order valence-corrected chi connectivity index (χ0v) is 9.58. The summed E-state index contributed by atoms with van der Waals surface area (Å²) >= 11 is 5.77. The highest BCUT2D eigenvalue weighted by Gasteiger charge is 2.46. The quantitative estimate of drug-likeness (QED) is 0.758. The lowest BCUT2D eigenvalue weighted by Crippen LogP contribution is -2.54. The number of hydrogen-bond donors (Lipinski definition) is 1. The van der Waals surface area contributed by atoms with Crippen molar-refractivity contribution >= 4 is 11.6 Å². The second kappa shape index (κ2) is 4.24. The molecule has 0 heterocycles. The van der Waals surface area contributed by atoms with Gasteiger partial charge >= 0.3 is 0 Å². The lowest BCUT2D eigenvalue weighted by atomic mass is 9.57. The lowest BCUT2D eigenvalue weighted by molar-refractivity contribution is 0.0251. The van der Waals surface area contributed by atoms with Crippen LogP contribution in [0.1, 0.15) is 44.9 Å². The van der Waals surface area contributed by atoms with Crippen molar-refractivity contribution in [3.8, 4) is 0 Å². The Morgan fingerprint density at radius 2 is 2.00 bits per heavy atom. The van der Waals surface area contributed by atoms with E-state index in [0.29, 0.717) is 5.41 Å². The SMILES string of the molecule is C=C(Cl)CNC1CCC12CCCCC2. The molecule has 0 bridgehead atoms. The van der Waals surface area contributed by atoms with Gasteiger partial charge in [0.05, 0.1) is 0 Å². The van der Waals surface area contributed by atoms with Crippen molar-refractivity contribution < 1.29 is 0 Å². The monoisotopic (exact) mass is 213 g/mol. The summed E-state index contributed by atoms with van der Waals surface area (Å²) in [6.45, 7) is 4.51. The maximum atomic E-state index is 5.77. The van der Waals surface area contributed by atoms with Crippen LogP contribution in [0.15, 0.2) is 11.6 Å². The molecule has 2 saturated carbocycles. The van der Waals surface area contributed by atoms with E-state index in [2.05, 4.69) is 11.9 Å². The summed E-state index contributed by atoms with van der Waals surface area (Å²) < 4.78 is 0. The molecule has 2 aliphatic rings. The Morgan fingerprint density at radius 1 is 1.29 bits per heavy atom. The highest BCUT2D eigenvalue weighted by molar-refractivity contribution is 6.29. The molecule has 1 N–H and O–H groups in total. The Morgan fingerprint density at radius 3 is 2.50 bits per heavy atom. The molecule has 80 valence electrons. The summed E-state index contributed by atoms with van der Waals surface area (Å²) in [7, 11) is 0. The maximum absolute atomic E-state index is 5.77. The predicted octanol–water partition coefficient (Wildman–Crippen LogP) is 3.44. The first-order valence-electron chi connectivity index (χ1n) is 5.80. The van der Waals surface area contributed by atoms with Gasteiger partial charge in [-0.05, 0) is 31.1 Å². The van der Waals surface area contributed by atoms with Gasteiger partial charge in [0, 0.05) is 17.6 Å². The molecule has 1 nitrogen and oxygen atoms in total. The Kier molecular flexibility index (Phi) is 3.18. The molecule has 2 fully saturated rings. The number of halogens is 1. The van der Waals surface area contributed by atoms with Gasteiger partial charge in [-0.25, -0.2) is 0 Å². The molecule has 0 aromatic rings. The van der Waals surface area contributed by atoms with E-state index in [1.54, 1.807) is 0 Å². The van der Waals surface area contributed by atoms with Gasteiger partial charge in [-0.1, -0.05) is 37.4 Å². The molecule has 0 radical (unpaired) electrons. The molecule has 0 saturated heterocycles. The highest BCUT2D eigenvalue weighted by Crippen LogP contribution is 2.51. The first kappa shape index (κ1) is 10.5. The van der Waals surface area contributed by atoms with Crippen molar-refractivity contribution in [1.29, 1.82) is 0 Å². The first-order chi connectivity index (χ1) is 6.73. The Hall–Kier alpha value is -0.0100. The van der Waals surface area contributed by atoms with Crippen molar-refractivity contribution in [2.75, 3.05) is 6.54 Å². The molecule has 1 atom stereocenters. The van der Waals surface area contributed by atoms with Crippen LogP contribution in [-0.2, 0) is 0 Å². The predicted molar refractivity (Wildman–Crippen MR) is 61.5 cm³/mol. The standard InChI is InChI=1S/C12H20ClN/c1-10(13)9-14-11-5-8-12(11)6-3-2-4-7-12/h11,14H,1-9H2. The van der Waals surface area contributed by atoms with Gasteiger partial charge in [-0.15, -0.1) is 0 Å². The van der Waals surface area contributed by atoms with Crippen LogP contribution < -0.4 is 5.32 Å². The normalized spacial score (nSPS) is 29.9. The second-order valence-electron chi connectivity index (χ2n) is 4.91. The van der Waals surface area contributed by atoms with E-state index in [9.17, 15) is 0 Å². The smallest absolute Gasteiger partial charge is 0.0310 e. The molecular formula is C12H20ClN. The summed E-state index contributed by atoms with van der Waals surface area (Å²) in [5.74, 6) is 0. The third-order valence-electron chi connectivity index (χ3n) is 4.06. The topological polar surface area (TPSA) is 12.0 Å². The minimum Gasteiger partial charge on any atom is -0.308 e. The van der Waals surface area contributed by atoms with Crippen LogP contribution in [0.2, 0.25) is 0 Å². The number of hydrogen-bond acceptors (Lipinski definition) is 1. The number of nitrogens with one attached hydrogen (secondary N) is 1. The van der Waals surface area contributed by atoms with Crippen LogP contribution in [0.3, 0.4) is 0 Å². The Balaban J connectivity index is 1.84. The molecule has 2 rings (SSSR count). The Labute approximate surface area is 91.9 Å². The van der Waals surface area contributed by atoms with E-state index in [4.69, 9.17) is 11.6 Å². The molecule has 2 aliphatic carbocycles. The average Bonchev–Trinajstić information content (AvgIpc) is 2.17. The molecule has 1 spiro atoms. The minimum absolute atomic E-state index is 0.643. The zero-order valence-electron chi connectivity index (χ0n) is 8.82. The second-order valence-corrected chi connectivity index (χ2v) is 5.45. The third kappa shape index (κ3) is 1.99. The van der Waals surface area contributed by atoms with Crippen molar-refractivity contribution in [2.24, 2.45) is 5.41 Å². The van der Waals surface area contributed by atoms with Crippen LogP contribution >= 0.6 is 11.6 Å². The van der Waals surface area contributed by atoms with Gasteiger partial charge in [0.1, 0.15) is 0 Å². The summed E-state index contributed by atoms with van der Waals surface area (Å²) in [4.78, 5) is 0. The Bertz CT molecular complexity index is 218. The number of rotatable bonds is 3. The summed E-state index contributed by atoms with van der Waals surface area (Å²) in [5.41, 5.74) is 0.643. The zero-order chi connectivity index (χ0) is 10.0. The fourth-order valence-corrected chi connectivity index (χ4v) is 3.18. The van der Waals surface area contributed by atoms with Crippen molar-refractivity contribution in [2.45, 2.75) is 51.0 Å². The summed E-state index contributed by atoms with van der Waals surface area (Å²) in [5, 5.41) is 4.29. The van der Waals surface area contributed by atoms with Crippen LogP contribution in [0.4, 0.5) is 0 Å². The van der Waals surface area contributed by atoms with Crippen molar-refractivity contribution in [1.82, 2.24) is 5.32 Å². The fourth-order valence-electron chi connectivity index (χ4n) is 3.10. The third-order valence-corrected chi connectivity index (χ3v) is 4.19. The van der Waals surface area contributed by atoms with Crippen molar-refractivity contribution in [3.05, 3.63) is 11.6 Å². The summed E-state index contributed by atoms with van der Waals surface area (Å²) in [6, 6.07) is 0.721. The minimum atomic E-state index is 0.643. The van der Waals surface area contributed by atoms with Gasteiger partial charge in [-0.2, -0.15) is 0 Å². The van der Waals surface area contributed by atoms with Crippen LogP contribution in [0, 0.1) is 5.41 Å². The summed E-state index contributed by atoms with van der Waals surface area (Å²) in [6.07, 6.45) is 9.93. The van der Waals surface area contributed by atoms with Gasteiger partial charge in [0.25, 0.3) is 0 Å². The fraction of sp³-hybridized carbons (Fsp3) is 0.833. The molecule has 2 heteroatoms. The molecule has 0 aliphatic heterocycles. The molecule has 0 amide bonds. The van der Waals surface area contributed by atoms with Gasteiger partial charge in [-0.3, -0.25) is 0 Å². The van der Waals surface area contributed by atoms with E-state index in [0.717, 1.165) is 17.6 Å². The van der Waals surface area contributed by atoms with E-state index < -0.39 is 0 Å². The van der Waals surface area contributed by atoms with Gasteiger partial charge in [0.2, 0.25) is 0 Å². The van der Waals surface area contributed by atoms with Crippen LogP contribution in [0.25, 0.3) is 0 Å². The van der Waals surface area contributed by atoms with Crippen LogP contribution in [0.5, 0.6) is 0 Å². The molecule has 0 aromatic carbocycles. The highest BCUT2D eigenvalue weighted by atomic mass is 35.5. The van der Waals surface area contributed by atoms with E-state index in [-0.39, 0.29) is 0 Å². The maximum Gasteiger partial charge on any atom is 0.0310 e. The molecule has 0 aromatic heterocycles.